The van der Waals surface area contributed by atoms with Gasteiger partial charge in [0.1, 0.15) is 11.4 Å². The van der Waals surface area contributed by atoms with Crippen LogP contribution >= 0.6 is 11.6 Å². The Morgan fingerprint density at radius 3 is 2.32 bits per heavy atom. The third kappa shape index (κ3) is 4.68. The molecule has 0 bridgehead atoms. The van der Waals surface area contributed by atoms with Crippen LogP contribution in [0.4, 0.5) is 0 Å². The molecular formula is C20H23ClN4. The van der Waals surface area contributed by atoms with Crippen LogP contribution in [-0.2, 0) is 13.1 Å². The maximum absolute atomic E-state index is 6.28. The lowest BCUT2D eigenvalue weighted by atomic mass is 10.1. The molecule has 3 rings (SSSR count). The van der Waals surface area contributed by atoms with Crippen molar-refractivity contribution in [2.24, 2.45) is 0 Å². The van der Waals surface area contributed by atoms with Crippen molar-refractivity contribution in [2.75, 3.05) is 0 Å². The van der Waals surface area contributed by atoms with E-state index >= 15 is 0 Å². The van der Waals surface area contributed by atoms with Gasteiger partial charge < -0.3 is 5.32 Å². The molecule has 130 valence electrons. The fourth-order valence-electron chi connectivity index (χ4n) is 2.52. The fourth-order valence-corrected chi connectivity index (χ4v) is 2.72. The molecule has 1 aromatic heterocycles. The summed E-state index contributed by atoms with van der Waals surface area (Å²) in [7, 11) is 0. The summed E-state index contributed by atoms with van der Waals surface area (Å²) in [5.41, 5.74) is 3.94. The van der Waals surface area contributed by atoms with Gasteiger partial charge in [-0.1, -0.05) is 60.1 Å². The van der Waals surface area contributed by atoms with Crippen LogP contribution in [0.2, 0.25) is 5.02 Å². The van der Waals surface area contributed by atoms with E-state index in [0.717, 1.165) is 27.5 Å². The van der Waals surface area contributed by atoms with Crippen molar-refractivity contribution in [3.8, 4) is 11.3 Å². The van der Waals surface area contributed by atoms with Gasteiger partial charge in [-0.2, -0.15) is 15.0 Å². The lowest BCUT2D eigenvalue weighted by molar-refractivity contribution is 0.419. The SMILES string of the molecule is CC(C)(C)NCc1nn(Cc2ccccc2Cl)nc1-c1ccccc1. The minimum atomic E-state index is 0.0144. The molecule has 0 radical (unpaired) electrons. The Morgan fingerprint density at radius 1 is 0.960 bits per heavy atom. The fraction of sp³-hybridized carbons (Fsp3) is 0.300. The van der Waals surface area contributed by atoms with Gasteiger partial charge in [-0.25, -0.2) is 0 Å². The largest absolute Gasteiger partial charge is 0.306 e. The first-order valence-corrected chi connectivity index (χ1v) is 8.78. The highest BCUT2D eigenvalue weighted by Crippen LogP contribution is 2.22. The van der Waals surface area contributed by atoms with Gasteiger partial charge in [0.2, 0.25) is 0 Å². The first-order valence-electron chi connectivity index (χ1n) is 8.40. The van der Waals surface area contributed by atoms with Gasteiger partial charge in [-0.05, 0) is 32.4 Å². The topological polar surface area (TPSA) is 42.7 Å². The Bertz CT molecular complexity index is 834. The Kier molecular flexibility index (Phi) is 5.21. The van der Waals surface area contributed by atoms with E-state index < -0.39 is 0 Å². The highest BCUT2D eigenvalue weighted by Gasteiger charge is 2.16. The maximum Gasteiger partial charge on any atom is 0.117 e. The molecule has 0 saturated carbocycles. The summed E-state index contributed by atoms with van der Waals surface area (Å²) in [6, 6.07) is 18.0. The molecule has 0 aliphatic rings. The number of hydrogen-bond donors (Lipinski definition) is 1. The van der Waals surface area contributed by atoms with E-state index in [4.69, 9.17) is 21.8 Å². The van der Waals surface area contributed by atoms with Crippen molar-refractivity contribution in [1.29, 1.82) is 0 Å². The summed E-state index contributed by atoms with van der Waals surface area (Å²) in [6.45, 7) is 7.64. The van der Waals surface area contributed by atoms with Crippen molar-refractivity contribution < 1.29 is 0 Å². The van der Waals surface area contributed by atoms with E-state index in [1.807, 2.05) is 42.5 Å². The molecule has 0 spiro atoms. The van der Waals surface area contributed by atoms with Crippen molar-refractivity contribution in [3.63, 3.8) is 0 Å². The highest BCUT2D eigenvalue weighted by molar-refractivity contribution is 6.31. The third-order valence-electron chi connectivity index (χ3n) is 3.83. The molecule has 2 aromatic carbocycles. The molecule has 0 aliphatic heterocycles. The number of aromatic nitrogens is 3. The molecule has 0 amide bonds. The summed E-state index contributed by atoms with van der Waals surface area (Å²) >= 11 is 6.28. The summed E-state index contributed by atoms with van der Waals surface area (Å²) in [5, 5.41) is 13.7. The minimum Gasteiger partial charge on any atom is -0.306 e. The van der Waals surface area contributed by atoms with Gasteiger partial charge in [0.15, 0.2) is 0 Å². The van der Waals surface area contributed by atoms with Gasteiger partial charge in [0.05, 0.1) is 6.54 Å². The number of nitrogens with zero attached hydrogens (tertiary/aromatic N) is 3. The van der Waals surface area contributed by atoms with Crippen LogP contribution in [0.1, 0.15) is 32.0 Å². The standard InChI is InChI=1S/C20H23ClN4/c1-20(2,3)22-13-18-19(15-9-5-4-6-10-15)24-25(23-18)14-16-11-7-8-12-17(16)21/h4-12,22H,13-14H2,1-3H3. The van der Waals surface area contributed by atoms with E-state index in [1.165, 1.54) is 0 Å². The van der Waals surface area contributed by atoms with Crippen LogP contribution in [0.3, 0.4) is 0 Å². The quantitative estimate of drug-likeness (QED) is 0.731. The molecular weight excluding hydrogens is 332 g/mol. The lowest BCUT2D eigenvalue weighted by Gasteiger charge is -2.19. The van der Waals surface area contributed by atoms with Gasteiger partial charge in [0.25, 0.3) is 0 Å². The van der Waals surface area contributed by atoms with E-state index in [9.17, 15) is 0 Å². The molecule has 4 nitrogen and oxygen atoms in total. The zero-order chi connectivity index (χ0) is 17.9. The number of nitrogens with one attached hydrogen (secondary N) is 1. The van der Waals surface area contributed by atoms with Crippen LogP contribution in [0, 0.1) is 0 Å². The monoisotopic (exact) mass is 354 g/mol. The van der Waals surface area contributed by atoms with Gasteiger partial charge in [-0.3, -0.25) is 0 Å². The van der Waals surface area contributed by atoms with Gasteiger partial charge >= 0.3 is 0 Å². The molecule has 0 atom stereocenters. The minimum absolute atomic E-state index is 0.0144. The second kappa shape index (κ2) is 7.38. The number of benzene rings is 2. The summed E-state index contributed by atoms with van der Waals surface area (Å²) in [6.07, 6.45) is 0. The van der Waals surface area contributed by atoms with E-state index in [-0.39, 0.29) is 5.54 Å². The van der Waals surface area contributed by atoms with E-state index in [0.29, 0.717) is 13.1 Å². The zero-order valence-electron chi connectivity index (χ0n) is 14.8. The predicted molar refractivity (Wildman–Crippen MR) is 103 cm³/mol. The van der Waals surface area contributed by atoms with Crippen LogP contribution in [0.25, 0.3) is 11.3 Å². The summed E-state index contributed by atoms with van der Waals surface area (Å²) in [5.74, 6) is 0. The van der Waals surface area contributed by atoms with Gasteiger partial charge in [-0.15, -0.1) is 0 Å². The second-order valence-corrected chi connectivity index (χ2v) is 7.49. The first kappa shape index (κ1) is 17.6. The van der Waals surface area contributed by atoms with Crippen LogP contribution in [0.5, 0.6) is 0 Å². The summed E-state index contributed by atoms with van der Waals surface area (Å²) < 4.78 is 0. The smallest absolute Gasteiger partial charge is 0.117 e. The average Bonchev–Trinajstić information content (AvgIpc) is 2.98. The Labute approximate surface area is 153 Å². The Morgan fingerprint density at radius 2 is 1.64 bits per heavy atom. The molecule has 0 fully saturated rings. The number of rotatable bonds is 5. The van der Waals surface area contributed by atoms with Crippen LogP contribution in [0.15, 0.2) is 54.6 Å². The molecule has 5 heteroatoms. The first-order chi connectivity index (χ1) is 11.9. The molecule has 0 saturated heterocycles. The third-order valence-corrected chi connectivity index (χ3v) is 4.20. The van der Waals surface area contributed by atoms with E-state index in [1.54, 1.807) is 4.80 Å². The zero-order valence-corrected chi connectivity index (χ0v) is 15.6. The highest BCUT2D eigenvalue weighted by atomic mass is 35.5. The van der Waals surface area contributed by atoms with Crippen molar-refractivity contribution in [3.05, 3.63) is 70.9 Å². The van der Waals surface area contributed by atoms with Gasteiger partial charge in [0, 0.05) is 22.7 Å². The molecule has 1 N–H and O–H groups in total. The Hall–Kier alpha value is -2.17. The predicted octanol–water partition coefficient (Wildman–Crippen LogP) is 4.53. The van der Waals surface area contributed by atoms with Crippen molar-refractivity contribution in [2.45, 2.75) is 39.4 Å². The molecule has 25 heavy (non-hydrogen) atoms. The van der Waals surface area contributed by atoms with Crippen molar-refractivity contribution in [1.82, 2.24) is 20.3 Å². The average molecular weight is 355 g/mol. The van der Waals surface area contributed by atoms with E-state index in [2.05, 4.69) is 38.2 Å². The maximum atomic E-state index is 6.28. The molecule has 1 heterocycles. The Balaban J connectivity index is 1.92. The summed E-state index contributed by atoms with van der Waals surface area (Å²) in [4.78, 5) is 1.73. The number of halogens is 1. The molecule has 0 unspecified atom stereocenters. The van der Waals surface area contributed by atoms with Crippen LogP contribution < -0.4 is 5.32 Å². The molecule has 0 aliphatic carbocycles. The molecule has 3 aromatic rings. The van der Waals surface area contributed by atoms with Crippen LogP contribution in [-0.4, -0.2) is 20.5 Å². The lowest BCUT2D eigenvalue weighted by Crippen LogP contribution is -2.35. The normalized spacial score (nSPS) is 11.7. The second-order valence-electron chi connectivity index (χ2n) is 7.09. The van der Waals surface area contributed by atoms with Crippen molar-refractivity contribution >= 4 is 11.6 Å². The number of hydrogen-bond acceptors (Lipinski definition) is 3.